The highest BCUT2D eigenvalue weighted by molar-refractivity contribution is 5.71. The standard InChI is InChI=1S/C16H13FN4O/c1-10-2-8-13(9-3-10)18-20-15-14(19-21-16(15)22)11-4-6-12(17)7-5-11/h2-9H,1H3,(H2,19,21,22). The first kappa shape index (κ1) is 13.9. The van der Waals surface area contributed by atoms with Crippen molar-refractivity contribution >= 4 is 11.4 Å². The molecule has 1 aromatic heterocycles. The summed E-state index contributed by atoms with van der Waals surface area (Å²) in [6, 6.07) is 13.2. The molecule has 0 aliphatic heterocycles. The molecule has 2 N–H and O–H groups in total. The van der Waals surface area contributed by atoms with Crippen LogP contribution >= 0.6 is 0 Å². The van der Waals surface area contributed by atoms with Crippen molar-refractivity contribution in [1.82, 2.24) is 10.2 Å². The average molecular weight is 296 g/mol. The molecule has 22 heavy (non-hydrogen) atoms. The van der Waals surface area contributed by atoms with Gasteiger partial charge in [0.05, 0.1) is 11.4 Å². The number of aryl methyl sites for hydroxylation is 1. The van der Waals surface area contributed by atoms with Crippen molar-refractivity contribution in [1.29, 1.82) is 0 Å². The number of nitrogens with one attached hydrogen (secondary N) is 2. The maximum Gasteiger partial charge on any atom is 0.292 e. The van der Waals surface area contributed by atoms with Gasteiger partial charge in [-0.2, -0.15) is 5.11 Å². The van der Waals surface area contributed by atoms with E-state index in [1.807, 2.05) is 31.2 Å². The normalized spacial score (nSPS) is 11.2. The van der Waals surface area contributed by atoms with E-state index < -0.39 is 0 Å². The smallest absolute Gasteiger partial charge is 0.292 e. The predicted molar refractivity (Wildman–Crippen MR) is 82.2 cm³/mol. The highest BCUT2D eigenvalue weighted by Gasteiger charge is 2.11. The lowest BCUT2D eigenvalue weighted by atomic mass is 10.1. The molecule has 0 fully saturated rings. The summed E-state index contributed by atoms with van der Waals surface area (Å²) < 4.78 is 13.0. The van der Waals surface area contributed by atoms with Crippen LogP contribution in [0.1, 0.15) is 5.56 Å². The van der Waals surface area contributed by atoms with Gasteiger partial charge in [-0.15, -0.1) is 5.11 Å². The van der Waals surface area contributed by atoms with Crippen LogP contribution in [-0.4, -0.2) is 10.2 Å². The van der Waals surface area contributed by atoms with Crippen LogP contribution in [0.25, 0.3) is 11.3 Å². The molecule has 0 saturated carbocycles. The minimum Gasteiger partial charge on any atom is -0.295 e. The minimum atomic E-state index is -0.379. The summed E-state index contributed by atoms with van der Waals surface area (Å²) in [5.74, 6) is -0.343. The summed E-state index contributed by atoms with van der Waals surface area (Å²) in [4.78, 5) is 11.8. The first-order valence-corrected chi connectivity index (χ1v) is 6.68. The molecule has 110 valence electrons. The first-order chi connectivity index (χ1) is 10.6. The third-order valence-corrected chi connectivity index (χ3v) is 3.19. The molecule has 3 rings (SSSR count). The van der Waals surface area contributed by atoms with E-state index >= 15 is 0 Å². The van der Waals surface area contributed by atoms with Gasteiger partial charge in [0.2, 0.25) is 0 Å². The molecular weight excluding hydrogens is 283 g/mol. The van der Waals surface area contributed by atoms with E-state index in [2.05, 4.69) is 20.4 Å². The van der Waals surface area contributed by atoms with Gasteiger partial charge in [-0.25, -0.2) is 4.39 Å². The number of H-pyrrole nitrogens is 2. The fourth-order valence-electron chi connectivity index (χ4n) is 1.99. The van der Waals surface area contributed by atoms with Crippen molar-refractivity contribution in [3.63, 3.8) is 0 Å². The predicted octanol–water partition coefficient (Wildman–Crippen LogP) is 4.23. The number of hydrogen-bond acceptors (Lipinski definition) is 3. The Hall–Kier alpha value is -3.02. The van der Waals surface area contributed by atoms with Crippen LogP contribution in [-0.2, 0) is 0 Å². The lowest BCUT2D eigenvalue weighted by Gasteiger charge is -1.98. The summed E-state index contributed by atoms with van der Waals surface area (Å²) >= 11 is 0. The monoisotopic (exact) mass is 296 g/mol. The molecule has 0 bridgehead atoms. The molecule has 0 aliphatic rings. The summed E-state index contributed by atoms with van der Waals surface area (Å²) in [7, 11) is 0. The Kier molecular flexibility index (Phi) is 3.65. The van der Waals surface area contributed by atoms with E-state index in [4.69, 9.17) is 0 Å². The molecule has 3 aromatic rings. The molecule has 0 radical (unpaired) electrons. The van der Waals surface area contributed by atoms with Crippen molar-refractivity contribution in [2.24, 2.45) is 10.2 Å². The molecule has 1 heterocycles. The van der Waals surface area contributed by atoms with Crippen LogP contribution in [0.5, 0.6) is 0 Å². The van der Waals surface area contributed by atoms with E-state index in [9.17, 15) is 9.18 Å². The number of aromatic amines is 2. The highest BCUT2D eigenvalue weighted by atomic mass is 19.1. The summed E-state index contributed by atoms with van der Waals surface area (Å²) in [6.07, 6.45) is 0. The van der Waals surface area contributed by atoms with Crippen molar-refractivity contribution in [3.05, 3.63) is 70.3 Å². The second-order valence-electron chi connectivity index (χ2n) is 4.85. The van der Waals surface area contributed by atoms with Gasteiger partial charge in [0.1, 0.15) is 5.82 Å². The van der Waals surface area contributed by atoms with Crippen LogP contribution < -0.4 is 5.56 Å². The Morgan fingerprint density at radius 3 is 2.27 bits per heavy atom. The van der Waals surface area contributed by atoms with E-state index in [0.29, 0.717) is 16.9 Å². The number of benzene rings is 2. The Morgan fingerprint density at radius 2 is 1.59 bits per heavy atom. The Balaban J connectivity index is 1.97. The zero-order chi connectivity index (χ0) is 15.5. The molecule has 5 nitrogen and oxygen atoms in total. The molecule has 0 unspecified atom stereocenters. The summed E-state index contributed by atoms with van der Waals surface area (Å²) in [5.41, 5.74) is 2.67. The number of hydrogen-bond donors (Lipinski definition) is 2. The van der Waals surface area contributed by atoms with Gasteiger partial charge in [0, 0.05) is 5.56 Å². The minimum absolute atomic E-state index is 0.159. The summed E-state index contributed by atoms with van der Waals surface area (Å²) in [6.45, 7) is 1.98. The zero-order valence-corrected chi connectivity index (χ0v) is 11.8. The molecule has 0 saturated heterocycles. The molecule has 2 aromatic carbocycles. The Labute approximate surface area is 125 Å². The SMILES string of the molecule is Cc1ccc(N=Nc2c(-c3ccc(F)cc3)[nH][nH]c2=O)cc1. The van der Waals surface area contributed by atoms with Gasteiger partial charge in [-0.05, 0) is 43.3 Å². The fraction of sp³-hybridized carbons (Fsp3) is 0.0625. The molecular formula is C16H13FN4O. The van der Waals surface area contributed by atoms with Crippen LogP contribution in [0, 0.1) is 12.7 Å². The second kappa shape index (κ2) is 5.77. The van der Waals surface area contributed by atoms with Gasteiger partial charge in [-0.3, -0.25) is 15.0 Å². The number of halogens is 1. The van der Waals surface area contributed by atoms with Crippen molar-refractivity contribution in [3.8, 4) is 11.3 Å². The second-order valence-corrected chi connectivity index (χ2v) is 4.85. The van der Waals surface area contributed by atoms with Crippen LogP contribution in [0.2, 0.25) is 0 Å². The lowest BCUT2D eigenvalue weighted by Crippen LogP contribution is -1.96. The number of nitrogens with zero attached hydrogens (tertiary/aromatic N) is 2. The van der Waals surface area contributed by atoms with Crippen LogP contribution in [0.3, 0.4) is 0 Å². The summed E-state index contributed by atoms with van der Waals surface area (Å²) in [5, 5.41) is 13.3. The lowest BCUT2D eigenvalue weighted by molar-refractivity contribution is 0.628. The number of rotatable bonds is 3. The fourth-order valence-corrected chi connectivity index (χ4v) is 1.99. The van der Waals surface area contributed by atoms with E-state index in [1.54, 1.807) is 12.1 Å². The zero-order valence-electron chi connectivity index (χ0n) is 11.8. The quantitative estimate of drug-likeness (QED) is 0.697. The van der Waals surface area contributed by atoms with Crippen molar-refractivity contribution in [2.45, 2.75) is 6.92 Å². The van der Waals surface area contributed by atoms with Crippen LogP contribution in [0.4, 0.5) is 15.8 Å². The molecule has 6 heteroatoms. The largest absolute Gasteiger partial charge is 0.295 e. The highest BCUT2D eigenvalue weighted by Crippen LogP contribution is 2.26. The maximum atomic E-state index is 13.0. The number of aromatic nitrogens is 2. The van der Waals surface area contributed by atoms with Gasteiger partial charge >= 0.3 is 0 Å². The Bertz CT molecular complexity index is 860. The van der Waals surface area contributed by atoms with Crippen LogP contribution in [0.15, 0.2) is 63.6 Å². The van der Waals surface area contributed by atoms with Gasteiger partial charge in [0.25, 0.3) is 5.56 Å². The number of azo groups is 1. The van der Waals surface area contributed by atoms with Gasteiger partial charge in [0.15, 0.2) is 5.69 Å². The first-order valence-electron chi connectivity index (χ1n) is 6.68. The van der Waals surface area contributed by atoms with E-state index in [-0.39, 0.29) is 17.1 Å². The molecule has 0 amide bonds. The maximum absolute atomic E-state index is 13.0. The Morgan fingerprint density at radius 1 is 0.909 bits per heavy atom. The third kappa shape index (κ3) is 2.85. The molecule has 0 aliphatic carbocycles. The van der Waals surface area contributed by atoms with Gasteiger partial charge in [-0.1, -0.05) is 17.7 Å². The van der Waals surface area contributed by atoms with Crippen molar-refractivity contribution < 1.29 is 4.39 Å². The van der Waals surface area contributed by atoms with Crippen molar-refractivity contribution in [2.75, 3.05) is 0 Å². The van der Waals surface area contributed by atoms with E-state index in [1.165, 1.54) is 12.1 Å². The molecule has 0 spiro atoms. The van der Waals surface area contributed by atoms with Gasteiger partial charge < -0.3 is 0 Å². The third-order valence-electron chi connectivity index (χ3n) is 3.19. The van der Waals surface area contributed by atoms with E-state index in [0.717, 1.165) is 5.56 Å². The average Bonchev–Trinajstić information content (AvgIpc) is 2.89. The molecule has 0 atom stereocenters. The topological polar surface area (TPSA) is 73.4 Å².